The Bertz CT molecular complexity index is 1390. The first-order valence-electron chi connectivity index (χ1n) is 9.35. The van der Waals surface area contributed by atoms with Gasteiger partial charge in [-0.05, 0) is 37.1 Å². The van der Waals surface area contributed by atoms with Gasteiger partial charge in [-0.25, -0.2) is 17.9 Å². The van der Waals surface area contributed by atoms with E-state index in [-0.39, 0.29) is 38.2 Å². The van der Waals surface area contributed by atoms with E-state index in [0.717, 1.165) is 36.2 Å². The van der Waals surface area contributed by atoms with Crippen molar-refractivity contribution in [2.24, 2.45) is 0 Å². The van der Waals surface area contributed by atoms with Gasteiger partial charge in [0, 0.05) is 12.1 Å². The maximum atomic E-state index is 12.6. The van der Waals surface area contributed by atoms with Crippen LogP contribution in [-0.2, 0) is 10.0 Å². The van der Waals surface area contributed by atoms with Gasteiger partial charge in [-0.3, -0.25) is 9.78 Å². The van der Waals surface area contributed by atoms with Crippen molar-refractivity contribution in [2.45, 2.75) is 30.2 Å². The van der Waals surface area contributed by atoms with Gasteiger partial charge in [-0.1, -0.05) is 29.6 Å². The summed E-state index contributed by atoms with van der Waals surface area (Å²) in [4.78, 5) is 24.9. The molecule has 1 saturated carbocycles. The molecule has 0 saturated heterocycles. The molecule has 0 bridgehead atoms. The van der Waals surface area contributed by atoms with Gasteiger partial charge in [0.2, 0.25) is 10.0 Å². The van der Waals surface area contributed by atoms with Crippen LogP contribution < -0.4 is 20.7 Å². The molecule has 0 radical (unpaired) electrons. The summed E-state index contributed by atoms with van der Waals surface area (Å²) in [7, 11) is -3.96. The topological polar surface area (TPSA) is 143 Å². The van der Waals surface area contributed by atoms with Crippen molar-refractivity contribution in [3.8, 4) is 22.9 Å². The fourth-order valence-electron chi connectivity index (χ4n) is 3.00. The molecule has 1 fully saturated rings. The number of phenols is 1. The Morgan fingerprint density at radius 1 is 1.16 bits per heavy atom. The Kier molecular flexibility index (Phi) is 5.99. The minimum absolute atomic E-state index is 0.00234. The predicted molar refractivity (Wildman–Crippen MR) is 117 cm³/mol. The van der Waals surface area contributed by atoms with Gasteiger partial charge < -0.3 is 9.84 Å². The number of sulfonamides is 1. The second kappa shape index (κ2) is 8.58. The monoisotopic (exact) mass is 498 g/mol. The Hall–Kier alpha value is -2.86. The number of aromatic amines is 1. The maximum absolute atomic E-state index is 12.6. The second-order valence-electron chi connectivity index (χ2n) is 7.07. The highest BCUT2D eigenvalue weighted by atomic mass is 35.5. The fourth-order valence-corrected chi connectivity index (χ4v) is 4.97. The molecule has 0 unspecified atom stereocenters. The largest absolute Gasteiger partial charge is 0.507 e. The molecule has 1 heterocycles. The van der Waals surface area contributed by atoms with E-state index in [0.29, 0.717) is 0 Å². The van der Waals surface area contributed by atoms with Gasteiger partial charge in [-0.2, -0.15) is 9.78 Å². The van der Waals surface area contributed by atoms with E-state index in [1.165, 1.54) is 24.3 Å². The van der Waals surface area contributed by atoms with Gasteiger partial charge >= 0.3 is 5.69 Å². The van der Waals surface area contributed by atoms with E-state index in [1.54, 1.807) is 0 Å². The summed E-state index contributed by atoms with van der Waals surface area (Å²) in [5.74, 6) is -0.372. The molecular formula is C19H16Cl2N4O6S. The van der Waals surface area contributed by atoms with Crippen LogP contribution in [0.2, 0.25) is 10.0 Å². The Morgan fingerprint density at radius 2 is 1.84 bits per heavy atom. The van der Waals surface area contributed by atoms with Crippen LogP contribution >= 0.6 is 23.2 Å². The number of phenolic OH excluding ortho intramolecular Hbond substituents is 1. The number of benzene rings is 2. The van der Waals surface area contributed by atoms with Crippen LogP contribution in [0.3, 0.4) is 0 Å². The van der Waals surface area contributed by atoms with Crippen molar-refractivity contribution < 1.29 is 18.3 Å². The third-order valence-corrected chi connectivity index (χ3v) is 6.92. The van der Waals surface area contributed by atoms with Gasteiger partial charge in [0.15, 0.2) is 5.75 Å². The molecule has 1 aliphatic carbocycles. The number of ether oxygens (including phenoxy) is 1. The molecule has 0 aliphatic heterocycles. The van der Waals surface area contributed by atoms with Crippen molar-refractivity contribution in [1.29, 1.82) is 0 Å². The number of nitrogens with zero attached hydrogens (tertiary/aromatic N) is 2. The first-order chi connectivity index (χ1) is 15.1. The first kappa shape index (κ1) is 22.3. The number of hydrogen-bond donors (Lipinski definition) is 3. The van der Waals surface area contributed by atoms with Crippen LogP contribution in [0.15, 0.2) is 51.0 Å². The van der Waals surface area contributed by atoms with E-state index in [1.807, 2.05) is 0 Å². The minimum atomic E-state index is -3.96. The summed E-state index contributed by atoms with van der Waals surface area (Å²) >= 11 is 12.5. The molecule has 168 valence electrons. The average molecular weight is 499 g/mol. The summed E-state index contributed by atoms with van der Waals surface area (Å²) in [6, 6.07) is 6.21. The second-order valence-corrected chi connectivity index (χ2v) is 9.57. The SMILES string of the molecule is O=c1cnn(-c2cc(Cl)c(Oc3ccc(O)c(S(=O)(=O)NC4CCC4)c3)c(Cl)c2)c(=O)[nH]1. The lowest BCUT2D eigenvalue weighted by Gasteiger charge is -2.26. The van der Waals surface area contributed by atoms with Crippen molar-refractivity contribution in [2.75, 3.05) is 0 Å². The summed E-state index contributed by atoms with van der Waals surface area (Å²) < 4.78 is 34.3. The van der Waals surface area contributed by atoms with Gasteiger partial charge in [0.1, 0.15) is 22.6 Å². The summed E-state index contributed by atoms with van der Waals surface area (Å²) in [6.45, 7) is 0. The molecule has 1 aromatic heterocycles. The van der Waals surface area contributed by atoms with Gasteiger partial charge in [-0.15, -0.1) is 0 Å². The highest BCUT2D eigenvalue weighted by Crippen LogP contribution is 2.39. The Balaban J connectivity index is 1.66. The quantitative estimate of drug-likeness (QED) is 0.473. The molecule has 4 rings (SSSR count). The zero-order chi connectivity index (χ0) is 23.0. The van der Waals surface area contributed by atoms with E-state index in [9.17, 15) is 23.1 Å². The summed E-state index contributed by atoms with van der Waals surface area (Å²) in [5.41, 5.74) is -1.27. The molecule has 3 N–H and O–H groups in total. The van der Waals surface area contributed by atoms with Crippen molar-refractivity contribution in [3.63, 3.8) is 0 Å². The number of aromatic hydroxyl groups is 1. The van der Waals surface area contributed by atoms with Crippen molar-refractivity contribution in [3.05, 3.63) is 67.4 Å². The zero-order valence-corrected chi connectivity index (χ0v) is 18.5. The van der Waals surface area contributed by atoms with Crippen LogP contribution in [0.4, 0.5) is 0 Å². The summed E-state index contributed by atoms with van der Waals surface area (Å²) in [5, 5.41) is 13.8. The minimum Gasteiger partial charge on any atom is -0.507 e. The molecule has 0 amide bonds. The molecule has 3 aromatic rings. The van der Waals surface area contributed by atoms with Crippen LogP contribution in [0.5, 0.6) is 17.2 Å². The highest BCUT2D eigenvalue weighted by molar-refractivity contribution is 7.89. The molecule has 10 nitrogen and oxygen atoms in total. The standard InChI is InChI=1S/C19H16Cl2N4O6S/c20-13-6-11(25-19(28)23-17(27)9-22-25)7-14(21)18(13)31-12-4-5-15(26)16(8-12)32(29,30)24-10-2-1-3-10/h4-10,24,26H,1-3H2,(H,23,27,28). The third kappa shape index (κ3) is 4.51. The molecular weight excluding hydrogens is 483 g/mol. The van der Waals surface area contributed by atoms with E-state index in [2.05, 4.69) is 14.8 Å². The number of aromatic nitrogens is 3. The molecule has 0 spiro atoms. The van der Waals surface area contributed by atoms with Gasteiger partial charge in [0.25, 0.3) is 5.56 Å². The van der Waals surface area contributed by atoms with E-state index in [4.69, 9.17) is 27.9 Å². The first-order valence-corrected chi connectivity index (χ1v) is 11.6. The lowest BCUT2D eigenvalue weighted by molar-refractivity contribution is 0.382. The fraction of sp³-hybridized carbons (Fsp3) is 0.211. The van der Waals surface area contributed by atoms with Crippen molar-refractivity contribution >= 4 is 33.2 Å². The number of rotatable bonds is 6. The number of H-pyrrole nitrogens is 1. The highest BCUT2D eigenvalue weighted by Gasteiger charge is 2.27. The number of halogens is 2. The van der Waals surface area contributed by atoms with E-state index < -0.39 is 27.0 Å². The molecule has 2 aromatic carbocycles. The van der Waals surface area contributed by atoms with Crippen molar-refractivity contribution in [1.82, 2.24) is 19.5 Å². The third-order valence-electron chi connectivity index (χ3n) is 4.81. The Morgan fingerprint density at radius 3 is 2.44 bits per heavy atom. The number of hydrogen-bond acceptors (Lipinski definition) is 7. The Labute approximate surface area is 191 Å². The normalized spacial score (nSPS) is 14.2. The van der Waals surface area contributed by atoms with Gasteiger partial charge in [0.05, 0.1) is 15.7 Å². The van der Waals surface area contributed by atoms with Crippen LogP contribution in [0.25, 0.3) is 5.69 Å². The smallest absolute Gasteiger partial charge is 0.349 e. The van der Waals surface area contributed by atoms with Crippen LogP contribution in [0.1, 0.15) is 19.3 Å². The maximum Gasteiger partial charge on any atom is 0.349 e. The predicted octanol–water partition coefficient (Wildman–Crippen LogP) is 2.56. The van der Waals surface area contributed by atoms with E-state index >= 15 is 0 Å². The number of nitrogens with one attached hydrogen (secondary N) is 2. The zero-order valence-electron chi connectivity index (χ0n) is 16.2. The molecule has 32 heavy (non-hydrogen) atoms. The molecule has 13 heteroatoms. The lowest BCUT2D eigenvalue weighted by Crippen LogP contribution is -2.39. The molecule has 0 atom stereocenters. The van der Waals surface area contributed by atoms with Crippen LogP contribution in [0, 0.1) is 0 Å². The molecule has 1 aliphatic rings. The summed E-state index contributed by atoms with van der Waals surface area (Å²) in [6.07, 6.45) is 3.34. The average Bonchev–Trinajstić information content (AvgIpc) is 2.68. The van der Waals surface area contributed by atoms with Crippen LogP contribution in [-0.4, -0.2) is 34.3 Å². The lowest BCUT2D eigenvalue weighted by atomic mass is 9.94.